The summed E-state index contributed by atoms with van der Waals surface area (Å²) in [6, 6.07) is 10.7. The SMILES string of the molecule is COc1cc(CNCC(=O)O)ccc1OCc1ccc(Cl)c(Cl)c1. The molecule has 7 heteroatoms. The predicted octanol–water partition coefficient (Wildman–Crippen LogP) is 3.76. The fourth-order valence-corrected chi connectivity index (χ4v) is 2.37. The Balaban J connectivity index is 2.01. The van der Waals surface area contributed by atoms with E-state index >= 15 is 0 Å². The Morgan fingerprint density at radius 2 is 1.83 bits per heavy atom. The van der Waals surface area contributed by atoms with Gasteiger partial charge in [0.15, 0.2) is 11.5 Å². The number of hydrogen-bond donors (Lipinski definition) is 2. The Bertz CT molecular complexity index is 722. The van der Waals surface area contributed by atoms with Gasteiger partial charge in [0.05, 0.1) is 23.7 Å². The molecule has 128 valence electrons. The number of carbonyl (C=O) groups is 1. The molecule has 0 amide bonds. The number of aliphatic carboxylic acids is 1. The molecule has 5 nitrogen and oxygen atoms in total. The van der Waals surface area contributed by atoms with Crippen LogP contribution in [0.15, 0.2) is 36.4 Å². The number of hydrogen-bond acceptors (Lipinski definition) is 4. The summed E-state index contributed by atoms with van der Waals surface area (Å²) in [7, 11) is 1.55. The fraction of sp³-hybridized carbons (Fsp3) is 0.235. The third kappa shape index (κ3) is 5.30. The van der Waals surface area contributed by atoms with E-state index in [1.54, 1.807) is 31.4 Å². The normalized spacial score (nSPS) is 10.5. The van der Waals surface area contributed by atoms with Crippen molar-refractivity contribution in [3.8, 4) is 11.5 Å². The zero-order valence-electron chi connectivity index (χ0n) is 13.0. The highest BCUT2D eigenvalue weighted by Gasteiger charge is 2.08. The van der Waals surface area contributed by atoms with Gasteiger partial charge in [-0.3, -0.25) is 4.79 Å². The van der Waals surface area contributed by atoms with Crippen LogP contribution in [-0.4, -0.2) is 24.7 Å². The van der Waals surface area contributed by atoms with Crippen molar-refractivity contribution < 1.29 is 19.4 Å². The van der Waals surface area contributed by atoms with Gasteiger partial charge < -0.3 is 19.9 Å². The van der Waals surface area contributed by atoms with E-state index < -0.39 is 5.97 Å². The maximum absolute atomic E-state index is 10.5. The highest BCUT2D eigenvalue weighted by molar-refractivity contribution is 6.42. The molecule has 0 bridgehead atoms. The molecule has 0 aromatic heterocycles. The number of ether oxygens (including phenoxy) is 2. The minimum Gasteiger partial charge on any atom is -0.493 e. The first-order valence-corrected chi connectivity index (χ1v) is 7.91. The van der Waals surface area contributed by atoms with E-state index in [1.807, 2.05) is 12.1 Å². The van der Waals surface area contributed by atoms with E-state index in [0.29, 0.717) is 34.7 Å². The number of nitrogens with one attached hydrogen (secondary N) is 1. The second kappa shape index (κ2) is 8.78. The number of rotatable bonds is 8. The molecule has 0 aliphatic rings. The van der Waals surface area contributed by atoms with E-state index in [1.165, 1.54) is 0 Å². The lowest BCUT2D eigenvalue weighted by atomic mass is 10.2. The average molecular weight is 370 g/mol. The summed E-state index contributed by atoms with van der Waals surface area (Å²) in [6.07, 6.45) is 0. The summed E-state index contributed by atoms with van der Waals surface area (Å²) in [5, 5.41) is 12.4. The van der Waals surface area contributed by atoms with Gasteiger partial charge in [0, 0.05) is 6.54 Å². The van der Waals surface area contributed by atoms with Crippen LogP contribution in [0.25, 0.3) is 0 Å². The fourth-order valence-electron chi connectivity index (χ4n) is 2.05. The van der Waals surface area contributed by atoms with E-state index in [-0.39, 0.29) is 6.54 Å². The van der Waals surface area contributed by atoms with Crippen molar-refractivity contribution in [2.24, 2.45) is 0 Å². The van der Waals surface area contributed by atoms with Crippen LogP contribution in [-0.2, 0) is 17.9 Å². The molecule has 2 aromatic carbocycles. The standard InChI is InChI=1S/C17H17Cl2NO4/c1-23-16-7-11(8-20-9-17(21)22)3-5-15(16)24-10-12-2-4-13(18)14(19)6-12/h2-7,20H,8-10H2,1H3,(H,21,22). The molecule has 0 heterocycles. The van der Waals surface area contributed by atoms with Crippen molar-refractivity contribution in [2.75, 3.05) is 13.7 Å². The molecule has 0 atom stereocenters. The average Bonchev–Trinajstić information content (AvgIpc) is 2.56. The van der Waals surface area contributed by atoms with Crippen molar-refractivity contribution in [3.05, 3.63) is 57.6 Å². The lowest BCUT2D eigenvalue weighted by Crippen LogP contribution is -2.21. The van der Waals surface area contributed by atoms with Gasteiger partial charge in [0.2, 0.25) is 0 Å². The molecule has 2 rings (SSSR count). The van der Waals surface area contributed by atoms with Crippen LogP contribution in [0.1, 0.15) is 11.1 Å². The Kier molecular flexibility index (Phi) is 6.73. The summed E-state index contributed by atoms with van der Waals surface area (Å²) in [5.41, 5.74) is 1.79. The summed E-state index contributed by atoms with van der Waals surface area (Å²) in [6.45, 7) is 0.650. The smallest absolute Gasteiger partial charge is 0.317 e. The van der Waals surface area contributed by atoms with Gasteiger partial charge in [-0.15, -0.1) is 0 Å². The first-order chi connectivity index (χ1) is 11.5. The molecular formula is C17H17Cl2NO4. The monoisotopic (exact) mass is 369 g/mol. The Labute approximate surface area is 150 Å². The molecule has 24 heavy (non-hydrogen) atoms. The molecule has 0 aliphatic heterocycles. The minimum absolute atomic E-state index is 0.0993. The molecule has 0 aliphatic carbocycles. The quantitative estimate of drug-likeness (QED) is 0.741. The first kappa shape index (κ1) is 18.4. The van der Waals surface area contributed by atoms with Crippen molar-refractivity contribution in [2.45, 2.75) is 13.2 Å². The molecule has 0 fully saturated rings. The van der Waals surface area contributed by atoms with Gasteiger partial charge in [-0.25, -0.2) is 0 Å². The van der Waals surface area contributed by atoms with Crippen LogP contribution in [0, 0.1) is 0 Å². The van der Waals surface area contributed by atoms with Gasteiger partial charge in [0.1, 0.15) is 6.61 Å². The van der Waals surface area contributed by atoms with Crippen molar-refractivity contribution in [1.82, 2.24) is 5.32 Å². The lowest BCUT2D eigenvalue weighted by molar-refractivity contribution is -0.135. The highest BCUT2D eigenvalue weighted by atomic mass is 35.5. The third-order valence-corrected chi connectivity index (χ3v) is 3.95. The Morgan fingerprint density at radius 1 is 1.08 bits per heavy atom. The summed E-state index contributed by atoms with van der Waals surface area (Å²) in [4.78, 5) is 10.5. The zero-order valence-corrected chi connectivity index (χ0v) is 14.5. The van der Waals surface area contributed by atoms with Crippen LogP contribution in [0.2, 0.25) is 10.0 Å². The van der Waals surface area contributed by atoms with E-state index in [2.05, 4.69) is 5.32 Å². The van der Waals surface area contributed by atoms with Crippen LogP contribution in [0.4, 0.5) is 0 Å². The van der Waals surface area contributed by atoms with Gasteiger partial charge in [-0.05, 0) is 35.4 Å². The second-order valence-corrected chi connectivity index (χ2v) is 5.83. The van der Waals surface area contributed by atoms with E-state index in [4.69, 9.17) is 37.8 Å². The molecule has 0 saturated heterocycles. The number of halogens is 2. The number of carboxylic acid groups (broad SMARTS) is 1. The maximum atomic E-state index is 10.5. The summed E-state index contributed by atoms with van der Waals surface area (Å²) >= 11 is 11.9. The van der Waals surface area contributed by atoms with Crippen LogP contribution in [0.5, 0.6) is 11.5 Å². The highest BCUT2D eigenvalue weighted by Crippen LogP contribution is 2.29. The molecule has 0 saturated carbocycles. The maximum Gasteiger partial charge on any atom is 0.317 e. The zero-order chi connectivity index (χ0) is 17.5. The van der Waals surface area contributed by atoms with Gasteiger partial charge in [0.25, 0.3) is 0 Å². The molecule has 0 radical (unpaired) electrons. The van der Waals surface area contributed by atoms with Gasteiger partial charge in [-0.2, -0.15) is 0 Å². The second-order valence-electron chi connectivity index (χ2n) is 5.02. The van der Waals surface area contributed by atoms with E-state index in [0.717, 1.165) is 11.1 Å². The third-order valence-electron chi connectivity index (χ3n) is 3.21. The van der Waals surface area contributed by atoms with Crippen LogP contribution < -0.4 is 14.8 Å². The topological polar surface area (TPSA) is 67.8 Å². The van der Waals surface area contributed by atoms with Crippen molar-refractivity contribution in [1.29, 1.82) is 0 Å². The van der Waals surface area contributed by atoms with Crippen LogP contribution in [0.3, 0.4) is 0 Å². The number of carboxylic acids is 1. The number of benzene rings is 2. The Hall–Kier alpha value is -1.95. The largest absolute Gasteiger partial charge is 0.493 e. The lowest BCUT2D eigenvalue weighted by Gasteiger charge is -2.13. The van der Waals surface area contributed by atoms with Crippen LogP contribution >= 0.6 is 23.2 Å². The first-order valence-electron chi connectivity index (χ1n) is 7.15. The number of methoxy groups -OCH3 is 1. The molecule has 0 unspecified atom stereocenters. The summed E-state index contributed by atoms with van der Waals surface area (Å²) < 4.78 is 11.1. The van der Waals surface area contributed by atoms with E-state index in [9.17, 15) is 4.79 Å². The van der Waals surface area contributed by atoms with Gasteiger partial charge >= 0.3 is 5.97 Å². The minimum atomic E-state index is -0.899. The summed E-state index contributed by atoms with van der Waals surface area (Å²) in [5.74, 6) is 0.263. The van der Waals surface area contributed by atoms with Crippen molar-refractivity contribution >= 4 is 29.2 Å². The molecule has 2 N–H and O–H groups in total. The van der Waals surface area contributed by atoms with Gasteiger partial charge in [-0.1, -0.05) is 35.3 Å². The molecule has 0 spiro atoms. The molecule has 2 aromatic rings. The predicted molar refractivity (Wildman–Crippen MR) is 93.1 cm³/mol. The molecular weight excluding hydrogens is 353 g/mol. The Morgan fingerprint density at radius 3 is 2.50 bits per heavy atom. The van der Waals surface area contributed by atoms with Crippen molar-refractivity contribution in [3.63, 3.8) is 0 Å².